The molecule has 1 aliphatic heterocycles. The van der Waals surface area contributed by atoms with Crippen molar-refractivity contribution >= 4 is 17.1 Å². The van der Waals surface area contributed by atoms with Crippen LogP contribution in [0.3, 0.4) is 0 Å². The number of hydrogen-bond donors (Lipinski definition) is 6. The average molecular weight is 369 g/mol. The van der Waals surface area contributed by atoms with Gasteiger partial charge in [0.2, 0.25) is 5.95 Å². The number of nitrogens with one attached hydrogen (secondary N) is 2. The highest BCUT2D eigenvalue weighted by Crippen LogP contribution is 2.30. The molecule has 0 saturated carbocycles. The van der Waals surface area contributed by atoms with Gasteiger partial charge in [-0.15, -0.1) is 0 Å². The molecule has 3 aromatic rings. The second kappa shape index (κ2) is 8.03. The highest BCUT2D eigenvalue weighted by atomic mass is 16.6. The van der Waals surface area contributed by atoms with Gasteiger partial charge in [-0.1, -0.05) is 0 Å². The number of aromatic amines is 2. The largest absolute Gasteiger partial charge is 0.412 e. The van der Waals surface area contributed by atoms with Crippen molar-refractivity contribution in [2.45, 2.75) is 24.5 Å². The number of rotatable bonds is 2. The van der Waals surface area contributed by atoms with Gasteiger partial charge < -0.3 is 36.3 Å². The molecule has 13 nitrogen and oxygen atoms in total. The number of hydrogen-bond acceptors (Lipinski definition) is 9. The number of imidazole rings is 2. The lowest BCUT2D eigenvalue weighted by Gasteiger charge is -2.16. The molecule has 26 heavy (non-hydrogen) atoms. The Bertz CT molecular complexity index is 862. The Kier molecular flexibility index (Phi) is 6.01. The Hall–Kier alpha value is -2.84. The monoisotopic (exact) mass is 369 g/mol. The summed E-state index contributed by atoms with van der Waals surface area (Å²) < 4.78 is 6.64. The SMILES string of the molecule is Nc1nc2c(ncn2[C@@H]2O[C@H](CO)[C@@H](O)[C@H]2O)c(=O)[nH]1.O.c1c[nH]cn1. The first-order valence-electron chi connectivity index (χ1n) is 7.30. The number of aromatic nitrogens is 6. The molecule has 4 rings (SSSR count). The van der Waals surface area contributed by atoms with E-state index in [0.29, 0.717) is 0 Å². The maximum atomic E-state index is 11.7. The molecular formula is C13H19N7O6. The normalized spacial score (nSPS) is 24.7. The van der Waals surface area contributed by atoms with Crippen molar-refractivity contribution in [2.75, 3.05) is 12.3 Å². The summed E-state index contributed by atoms with van der Waals surface area (Å²) in [5, 5.41) is 28.7. The fourth-order valence-electron chi connectivity index (χ4n) is 2.45. The summed E-state index contributed by atoms with van der Waals surface area (Å²) in [6.07, 6.45) is 1.87. The highest BCUT2D eigenvalue weighted by Gasteiger charge is 2.44. The van der Waals surface area contributed by atoms with Gasteiger partial charge in [-0.2, -0.15) is 4.98 Å². The quantitative estimate of drug-likeness (QED) is 0.269. The summed E-state index contributed by atoms with van der Waals surface area (Å²) in [5.41, 5.74) is 5.12. The maximum absolute atomic E-state index is 11.7. The molecule has 0 aliphatic carbocycles. The van der Waals surface area contributed by atoms with E-state index in [1.165, 1.54) is 10.9 Å². The molecule has 13 heteroatoms. The van der Waals surface area contributed by atoms with Crippen molar-refractivity contribution in [3.63, 3.8) is 0 Å². The first kappa shape index (κ1) is 19.5. The lowest BCUT2D eigenvalue weighted by Crippen LogP contribution is -2.33. The van der Waals surface area contributed by atoms with Crippen LogP contribution in [0.15, 0.2) is 29.8 Å². The van der Waals surface area contributed by atoms with Gasteiger partial charge >= 0.3 is 0 Å². The molecule has 4 atom stereocenters. The second-order valence-corrected chi connectivity index (χ2v) is 5.26. The standard InChI is InChI=1S/C10H13N5O5.C3H4N2.H2O/c11-10-13-7-4(8(19)14-10)12-2-15(7)9-6(18)5(17)3(1-16)20-9;1-2-5-3-4-1;/h2-3,5-6,9,16-18H,1H2,(H3,11,13,14,19);1-3H,(H,4,5);1H2/t3-,5-,6-,9-;;/m1../s1. The van der Waals surface area contributed by atoms with Crippen molar-refractivity contribution in [1.29, 1.82) is 0 Å². The molecule has 9 N–H and O–H groups in total. The van der Waals surface area contributed by atoms with Gasteiger partial charge in [0.1, 0.15) is 18.3 Å². The van der Waals surface area contributed by atoms with E-state index in [4.69, 9.17) is 15.6 Å². The van der Waals surface area contributed by atoms with Gasteiger partial charge in [-0.05, 0) is 0 Å². The molecule has 1 saturated heterocycles. The van der Waals surface area contributed by atoms with Crippen LogP contribution in [0.5, 0.6) is 0 Å². The van der Waals surface area contributed by atoms with E-state index in [0.717, 1.165) is 0 Å². The molecule has 0 amide bonds. The van der Waals surface area contributed by atoms with E-state index < -0.39 is 36.7 Å². The third kappa shape index (κ3) is 3.56. The smallest absolute Gasteiger partial charge is 0.280 e. The molecular weight excluding hydrogens is 350 g/mol. The summed E-state index contributed by atoms with van der Waals surface area (Å²) in [6, 6.07) is 0. The third-order valence-corrected chi connectivity index (χ3v) is 3.65. The van der Waals surface area contributed by atoms with Crippen LogP contribution in [0.4, 0.5) is 5.95 Å². The van der Waals surface area contributed by atoms with Crippen molar-refractivity contribution in [3.8, 4) is 0 Å². The molecule has 0 bridgehead atoms. The van der Waals surface area contributed by atoms with E-state index in [1.807, 2.05) is 0 Å². The Morgan fingerprint density at radius 2 is 2.12 bits per heavy atom. The van der Waals surface area contributed by atoms with Crippen LogP contribution in [0.2, 0.25) is 0 Å². The number of fused-ring (bicyclic) bond motifs is 1. The molecule has 0 radical (unpaired) electrons. The maximum Gasteiger partial charge on any atom is 0.280 e. The predicted molar refractivity (Wildman–Crippen MR) is 87.8 cm³/mol. The number of aliphatic hydroxyl groups excluding tert-OH is 3. The fraction of sp³-hybridized carbons (Fsp3) is 0.385. The minimum absolute atomic E-state index is 0. The van der Waals surface area contributed by atoms with E-state index in [1.54, 1.807) is 18.7 Å². The van der Waals surface area contributed by atoms with Crippen LogP contribution in [0, 0.1) is 0 Å². The van der Waals surface area contributed by atoms with Crippen LogP contribution in [0.25, 0.3) is 11.2 Å². The zero-order chi connectivity index (χ0) is 18.0. The molecule has 142 valence electrons. The Morgan fingerprint density at radius 1 is 1.35 bits per heavy atom. The Morgan fingerprint density at radius 3 is 2.65 bits per heavy atom. The predicted octanol–water partition coefficient (Wildman–Crippen LogP) is -3.10. The minimum atomic E-state index is -1.29. The van der Waals surface area contributed by atoms with Gasteiger partial charge in [-0.3, -0.25) is 14.3 Å². The number of H-pyrrole nitrogens is 2. The summed E-state index contributed by atoms with van der Waals surface area (Å²) in [4.78, 5) is 28.2. The van der Waals surface area contributed by atoms with Crippen LogP contribution in [-0.4, -0.2) is 75.2 Å². The lowest BCUT2D eigenvalue weighted by molar-refractivity contribution is -0.0511. The zero-order valence-electron chi connectivity index (χ0n) is 13.4. The number of ether oxygens (including phenoxy) is 1. The summed E-state index contributed by atoms with van der Waals surface area (Å²) in [7, 11) is 0. The minimum Gasteiger partial charge on any atom is -0.412 e. The summed E-state index contributed by atoms with van der Waals surface area (Å²) in [5.74, 6) is -0.101. The number of aliphatic hydroxyl groups is 3. The van der Waals surface area contributed by atoms with Gasteiger partial charge in [0.25, 0.3) is 5.56 Å². The van der Waals surface area contributed by atoms with Crippen molar-refractivity contribution in [1.82, 2.24) is 29.5 Å². The third-order valence-electron chi connectivity index (χ3n) is 3.65. The van der Waals surface area contributed by atoms with Crippen LogP contribution < -0.4 is 11.3 Å². The average Bonchev–Trinajstić information content (AvgIpc) is 3.31. The number of nitrogens with zero attached hydrogens (tertiary/aromatic N) is 4. The zero-order valence-corrected chi connectivity index (χ0v) is 13.4. The first-order chi connectivity index (χ1) is 12.0. The molecule has 1 fully saturated rings. The van der Waals surface area contributed by atoms with Crippen LogP contribution >= 0.6 is 0 Å². The molecule has 1 aliphatic rings. The Balaban J connectivity index is 0.000000351. The highest BCUT2D eigenvalue weighted by molar-refractivity contribution is 5.70. The van der Waals surface area contributed by atoms with Gasteiger partial charge in [0.15, 0.2) is 17.4 Å². The van der Waals surface area contributed by atoms with E-state index >= 15 is 0 Å². The van der Waals surface area contributed by atoms with Crippen LogP contribution in [-0.2, 0) is 4.74 Å². The topological polar surface area (TPSA) is 220 Å². The number of anilines is 1. The molecule has 0 spiro atoms. The van der Waals surface area contributed by atoms with Crippen molar-refractivity contribution in [3.05, 3.63) is 35.4 Å². The van der Waals surface area contributed by atoms with E-state index in [-0.39, 0.29) is 22.6 Å². The van der Waals surface area contributed by atoms with E-state index in [2.05, 4.69) is 24.9 Å². The molecule has 0 unspecified atom stereocenters. The molecule has 4 heterocycles. The van der Waals surface area contributed by atoms with Crippen molar-refractivity contribution in [2.24, 2.45) is 0 Å². The van der Waals surface area contributed by atoms with Crippen LogP contribution in [0.1, 0.15) is 6.23 Å². The molecule has 0 aromatic carbocycles. The van der Waals surface area contributed by atoms with Gasteiger partial charge in [0.05, 0.1) is 19.3 Å². The fourth-order valence-corrected chi connectivity index (χ4v) is 2.45. The number of nitrogens with two attached hydrogens (primary N) is 1. The van der Waals surface area contributed by atoms with Crippen molar-refractivity contribution < 1.29 is 25.5 Å². The second-order valence-electron chi connectivity index (χ2n) is 5.26. The van der Waals surface area contributed by atoms with Gasteiger partial charge in [-0.25, -0.2) is 9.97 Å². The Labute approximate surface area is 145 Å². The summed E-state index contributed by atoms with van der Waals surface area (Å²) in [6.45, 7) is -0.447. The number of nitrogen functional groups attached to an aromatic ring is 1. The first-order valence-corrected chi connectivity index (χ1v) is 7.30. The van der Waals surface area contributed by atoms with Gasteiger partial charge in [0, 0.05) is 12.4 Å². The lowest BCUT2D eigenvalue weighted by atomic mass is 10.1. The van der Waals surface area contributed by atoms with E-state index in [9.17, 15) is 15.0 Å². The molecule has 3 aromatic heterocycles. The summed E-state index contributed by atoms with van der Waals surface area (Å²) >= 11 is 0.